The summed E-state index contributed by atoms with van der Waals surface area (Å²) in [6.45, 7) is 12.9. The number of likely N-dealkylation sites (tertiary alicyclic amines) is 1. The molecule has 4 atom stereocenters. The van der Waals surface area contributed by atoms with Crippen LogP contribution in [0.3, 0.4) is 0 Å². The molecule has 1 saturated heterocycles. The highest BCUT2D eigenvalue weighted by Crippen LogP contribution is 2.42. The molecule has 0 aromatic rings. The Bertz CT molecular complexity index is 677. The predicted molar refractivity (Wildman–Crippen MR) is 135 cm³/mol. The highest BCUT2D eigenvalue weighted by atomic mass is 16.5. The number of rotatable bonds is 15. The number of nitrogens with one attached hydrogen (secondary N) is 1. The molecule has 1 saturated carbocycles. The minimum Gasteiger partial charge on any atom is -0.466 e. The quantitative estimate of drug-likeness (QED) is 0.208. The zero-order chi connectivity index (χ0) is 25.8. The summed E-state index contributed by atoms with van der Waals surface area (Å²) in [7, 11) is 0. The molecule has 8 heteroatoms. The number of nitrogens with zero attached hydrogens (tertiary/aromatic N) is 1. The second kappa shape index (κ2) is 14.8. The summed E-state index contributed by atoms with van der Waals surface area (Å²) in [5.74, 6) is 0.337. The second-order valence-electron chi connectivity index (χ2n) is 11.1. The van der Waals surface area contributed by atoms with Crippen LogP contribution in [0.15, 0.2) is 0 Å². The lowest BCUT2D eigenvalue weighted by atomic mass is 9.86. The Morgan fingerprint density at radius 2 is 1.69 bits per heavy atom. The van der Waals surface area contributed by atoms with E-state index >= 15 is 0 Å². The van der Waals surface area contributed by atoms with Gasteiger partial charge in [-0.05, 0) is 55.9 Å². The highest BCUT2D eigenvalue weighted by molar-refractivity contribution is 5.77. The van der Waals surface area contributed by atoms with Crippen molar-refractivity contribution in [3.63, 3.8) is 0 Å². The summed E-state index contributed by atoms with van der Waals surface area (Å²) in [6, 6.07) is -0.599. The monoisotopic (exact) mass is 496 g/mol. The number of ether oxygens (including phenoxy) is 3. The Hall–Kier alpha value is -1.67. The Labute approximate surface area is 211 Å². The molecule has 2 aliphatic rings. The second-order valence-corrected chi connectivity index (χ2v) is 11.1. The van der Waals surface area contributed by atoms with E-state index < -0.39 is 6.04 Å². The van der Waals surface area contributed by atoms with Crippen LogP contribution in [-0.4, -0.2) is 74.3 Å². The third-order valence-corrected chi connectivity index (χ3v) is 7.13. The maximum absolute atomic E-state index is 12.9. The Morgan fingerprint density at radius 1 is 0.971 bits per heavy atom. The van der Waals surface area contributed by atoms with Gasteiger partial charge in [-0.2, -0.15) is 0 Å². The molecule has 202 valence electrons. The Balaban J connectivity index is 1.79. The van der Waals surface area contributed by atoms with Crippen LogP contribution in [0.1, 0.15) is 86.0 Å². The fraction of sp³-hybridized carbons (Fsp3) is 0.889. The van der Waals surface area contributed by atoms with E-state index in [1.54, 1.807) is 0 Å². The number of esters is 3. The molecule has 35 heavy (non-hydrogen) atoms. The van der Waals surface area contributed by atoms with Crippen molar-refractivity contribution in [1.82, 2.24) is 10.2 Å². The van der Waals surface area contributed by atoms with E-state index in [1.165, 1.54) is 19.8 Å². The fourth-order valence-corrected chi connectivity index (χ4v) is 5.36. The van der Waals surface area contributed by atoms with E-state index in [4.69, 9.17) is 14.2 Å². The van der Waals surface area contributed by atoms with E-state index in [-0.39, 0.29) is 29.4 Å². The lowest BCUT2D eigenvalue weighted by Gasteiger charge is -2.30. The van der Waals surface area contributed by atoms with Gasteiger partial charge in [0.25, 0.3) is 0 Å². The molecule has 2 rings (SSSR count). The van der Waals surface area contributed by atoms with E-state index in [9.17, 15) is 14.4 Å². The van der Waals surface area contributed by atoms with Crippen LogP contribution in [0.5, 0.6) is 0 Å². The van der Waals surface area contributed by atoms with Crippen LogP contribution in [0, 0.1) is 17.3 Å². The lowest BCUT2D eigenvalue weighted by molar-refractivity contribution is -0.152. The van der Waals surface area contributed by atoms with Gasteiger partial charge < -0.3 is 19.5 Å². The van der Waals surface area contributed by atoms with E-state index in [1.807, 2.05) is 20.8 Å². The summed E-state index contributed by atoms with van der Waals surface area (Å²) >= 11 is 0. The largest absolute Gasteiger partial charge is 0.466 e. The average Bonchev–Trinajstić information content (AvgIpc) is 3.36. The van der Waals surface area contributed by atoms with Gasteiger partial charge in [-0.1, -0.05) is 47.0 Å². The van der Waals surface area contributed by atoms with Crippen LogP contribution in [0.25, 0.3) is 0 Å². The first-order valence-electron chi connectivity index (χ1n) is 13.6. The van der Waals surface area contributed by atoms with Gasteiger partial charge >= 0.3 is 17.9 Å². The number of fused-ring (bicyclic) bond motifs is 1. The van der Waals surface area contributed by atoms with Crippen LogP contribution in [0.2, 0.25) is 0 Å². The number of carbonyl (C=O) groups is 3. The van der Waals surface area contributed by atoms with E-state index in [2.05, 4.69) is 17.1 Å². The van der Waals surface area contributed by atoms with Crippen molar-refractivity contribution >= 4 is 17.9 Å². The topological polar surface area (TPSA) is 94.2 Å². The summed E-state index contributed by atoms with van der Waals surface area (Å²) < 4.78 is 16.2. The lowest BCUT2D eigenvalue weighted by Crippen LogP contribution is -2.48. The van der Waals surface area contributed by atoms with Crippen molar-refractivity contribution in [1.29, 1.82) is 0 Å². The zero-order valence-corrected chi connectivity index (χ0v) is 22.6. The van der Waals surface area contributed by atoms with Crippen LogP contribution < -0.4 is 5.32 Å². The average molecular weight is 497 g/mol. The van der Waals surface area contributed by atoms with Gasteiger partial charge in [0.05, 0.1) is 19.8 Å². The van der Waals surface area contributed by atoms with E-state index in [0.717, 1.165) is 38.8 Å². The molecule has 1 aliphatic heterocycles. The Morgan fingerprint density at radius 3 is 2.37 bits per heavy atom. The molecule has 0 bridgehead atoms. The predicted octanol–water partition coefficient (Wildman–Crippen LogP) is 3.71. The normalized spacial score (nSPS) is 23.1. The smallest absolute Gasteiger partial charge is 0.323 e. The molecule has 0 amide bonds. The minimum absolute atomic E-state index is 0.0711. The molecular weight excluding hydrogens is 448 g/mol. The molecule has 0 spiro atoms. The number of carbonyl (C=O) groups excluding carboxylic acids is 3. The molecule has 0 aromatic heterocycles. The summed E-state index contributed by atoms with van der Waals surface area (Å²) in [6.07, 6.45) is 7.91. The number of hydrogen-bond donors (Lipinski definition) is 1. The fourth-order valence-electron chi connectivity index (χ4n) is 5.36. The number of unbranched alkanes of at least 4 members (excludes halogenated alkanes) is 2. The van der Waals surface area contributed by atoms with Crippen molar-refractivity contribution in [3.05, 3.63) is 0 Å². The maximum atomic E-state index is 12.9. The van der Waals surface area contributed by atoms with Crippen LogP contribution in [0.4, 0.5) is 0 Å². The molecular formula is C27H48N2O6. The summed E-state index contributed by atoms with van der Waals surface area (Å²) in [5.41, 5.74) is -0.308. The summed E-state index contributed by atoms with van der Waals surface area (Å²) in [4.78, 5) is 38.9. The molecule has 1 heterocycles. The first kappa shape index (κ1) is 29.6. The molecule has 1 aliphatic carbocycles. The third-order valence-electron chi connectivity index (χ3n) is 7.13. The van der Waals surface area contributed by atoms with Gasteiger partial charge in [0.1, 0.15) is 12.1 Å². The first-order valence-corrected chi connectivity index (χ1v) is 13.6. The van der Waals surface area contributed by atoms with Crippen molar-refractivity contribution in [2.24, 2.45) is 17.3 Å². The van der Waals surface area contributed by atoms with Crippen molar-refractivity contribution < 1.29 is 28.6 Å². The van der Waals surface area contributed by atoms with Crippen molar-refractivity contribution in [3.8, 4) is 0 Å². The van der Waals surface area contributed by atoms with Gasteiger partial charge in [-0.15, -0.1) is 0 Å². The third kappa shape index (κ3) is 9.71. The number of hydrogen-bond acceptors (Lipinski definition) is 8. The molecule has 1 N–H and O–H groups in total. The SMILES string of the molecule is CCCCCOC(=O)[C@@H]1[C@H]2CCC[C@H]2CN1CCCOC(=O)[C@@H](NCCCOC(C)=O)C(C)(C)C. The van der Waals surface area contributed by atoms with Crippen molar-refractivity contribution in [2.45, 2.75) is 98.1 Å². The Kier molecular flexibility index (Phi) is 12.5. The molecule has 2 fully saturated rings. The summed E-state index contributed by atoms with van der Waals surface area (Å²) in [5, 5.41) is 3.26. The van der Waals surface area contributed by atoms with Crippen molar-refractivity contribution in [2.75, 3.05) is 39.5 Å². The zero-order valence-electron chi connectivity index (χ0n) is 22.6. The molecule has 0 unspecified atom stereocenters. The standard InChI is InChI=1S/C27H48N2O6/c1-6-7-8-16-34-25(31)23-22-13-9-12-21(22)19-29(23)15-11-18-35-26(32)24(27(3,4)5)28-14-10-17-33-20(2)30/h21-24,28H,6-19H2,1-5H3/t21-,22-,23-,24+/m0/s1. The van der Waals surface area contributed by atoms with Crippen LogP contribution in [-0.2, 0) is 28.6 Å². The molecule has 8 nitrogen and oxygen atoms in total. The van der Waals surface area contributed by atoms with Gasteiger partial charge in [-0.3, -0.25) is 19.3 Å². The minimum atomic E-state index is -0.447. The maximum Gasteiger partial charge on any atom is 0.323 e. The van der Waals surface area contributed by atoms with Gasteiger partial charge in [-0.25, -0.2) is 0 Å². The van der Waals surface area contributed by atoms with E-state index in [0.29, 0.717) is 51.0 Å². The highest BCUT2D eigenvalue weighted by Gasteiger charge is 2.48. The van der Waals surface area contributed by atoms with Gasteiger partial charge in [0.15, 0.2) is 0 Å². The molecule has 0 aromatic carbocycles. The van der Waals surface area contributed by atoms with Crippen LogP contribution >= 0.6 is 0 Å². The first-order chi connectivity index (χ1) is 16.6. The van der Waals surface area contributed by atoms with Gasteiger partial charge in [0.2, 0.25) is 0 Å². The molecule has 0 radical (unpaired) electrons. The van der Waals surface area contributed by atoms with Gasteiger partial charge in [0, 0.05) is 20.0 Å².